The Morgan fingerprint density at radius 2 is 1.97 bits per heavy atom. The van der Waals surface area contributed by atoms with E-state index in [1.54, 1.807) is 13.8 Å². The lowest BCUT2D eigenvalue weighted by Crippen LogP contribution is -2.48. The second-order valence-electron chi connectivity index (χ2n) is 9.29. The largest absolute Gasteiger partial charge is 0.475 e. The molecule has 3 saturated heterocycles. The van der Waals surface area contributed by atoms with E-state index in [2.05, 4.69) is 9.97 Å². The van der Waals surface area contributed by atoms with E-state index < -0.39 is 63.9 Å². The molecule has 0 saturated carbocycles. The maximum absolute atomic E-state index is 13.9. The SMILES string of the molecule is CC12CC(COc3ncncc3F)C(C)(O1)C1C(=O)N(c3ccc(C#N)c(C(F)(F)F)c3)C(=O)C12. The van der Waals surface area contributed by atoms with Gasteiger partial charge in [-0.15, -0.1) is 0 Å². The van der Waals surface area contributed by atoms with Crippen molar-refractivity contribution in [2.24, 2.45) is 17.8 Å². The number of carbonyl (C=O) groups is 2. The lowest BCUT2D eigenvalue weighted by Gasteiger charge is -2.35. The Hall–Kier alpha value is -3.59. The van der Waals surface area contributed by atoms with Crippen molar-refractivity contribution in [2.45, 2.75) is 37.6 Å². The zero-order valence-corrected chi connectivity index (χ0v) is 18.5. The number of rotatable bonds is 4. The lowest BCUT2D eigenvalue weighted by atomic mass is 9.64. The number of amides is 2. The van der Waals surface area contributed by atoms with Crippen molar-refractivity contribution in [1.29, 1.82) is 5.26 Å². The van der Waals surface area contributed by atoms with Crippen LogP contribution in [-0.2, 0) is 20.5 Å². The average Bonchev–Trinajstić information content (AvgIpc) is 3.32. The first-order valence-corrected chi connectivity index (χ1v) is 10.7. The molecule has 0 N–H and O–H groups in total. The molecule has 0 radical (unpaired) electrons. The molecule has 5 rings (SSSR count). The summed E-state index contributed by atoms with van der Waals surface area (Å²) in [6.07, 6.45) is -2.46. The van der Waals surface area contributed by atoms with Crippen LogP contribution in [0, 0.1) is 34.9 Å². The Kier molecular flexibility index (Phi) is 4.93. The van der Waals surface area contributed by atoms with Gasteiger partial charge in [-0.1, -0.05) is 0 Å². The minimum absolute atomic E-state index is 0.0558. The number of ether oxygens (including phenoxy) is 2. The van der Waals surface area contributed by atoms with E-state index in [0.717, 1.165) is 29.6 Å². The van der Waals surface area contributed by atoms with Gasteiger partial charge in [0.1, 0.15) is 6.33 Å². The van der Waals surface area contributed by atoms with E-state index in [4.69, 9.17) is 14.7 Å². The number of benzene rings is 1. The maximum atomic E-state index is 13.9. The molecule has 2 aromatic rings. The molecule has 35 heavy (non-hydrogen) atoms. The number of hydrogen-bond acceptors (Lipinski definition) is 7. The molecular weight excluding hydrogens is 472 g/mol. The predicted molar refractivity (Wildman–Crippen MR) is 109 cm³/mol. The molecule has 182 valence electrons. The molecular formula is C23H18F4N4O4. The molecule has 3 aliphatic rings. The Labute approximate surface area is 196 Å². The summed E-state index contributed by atoms with van der Waals surface area (Å²) in [7, 11) is 0. The fourth-order valence-corrected chi connectivity index (χ4v) is 5.76. The van der Waals surface area contributed by atoms with Gasteiger partial charge in [-0.3, -0.25) is 9.59 Å². The summed E-state index contributed by atoms with van der Waals surface area (Å²) in [6.45, 7) is 3.28. The van der Waals surface area contributed by atoms with Gasteiger partial charge in [0.05, 0.1) is 58.7 Å². The second kappa shape index (κ2) is 7.45. The van der Waals surface area contributed by atoms with Crippen LogP contribution in [0.25, 0.3) is 0 Å². The van der Waals surface area contributed by atoms with Crippen LogP contribution in [0.5, 0.6) is 5.88 Å². The van der Waals surface area contributed by atoms with Crippen LogP contribution >= 0.6 is 0 Å². The van der Waals surface area contributed by atoms with Gasteiger partial charge in [0.15, 0.2) is 0 Å². The van der Waals surface area contributed by atoms with E-state index in [1.807, 2.05) is 0 Å². The monoisotopic (exact) mass is 490 g/mol. The topological polar surface area (TPSA) is 105 Å². The van der Waals surface area contributed by atoms with Gasteiger partial charge in [0, 0.05) is 5.92 Å². The van der Waals surface area contributed by atoms with Crippen molar-refractivity contribution in [3.8, 4) is 11.9 Å². The lowest BCUT2D eigenvalue weighted by molar-refractivity contribution is -0.138. The number of carbonyl (C=O) groups excluding carboxylic acids is 2. The fourth-order valence-electron chi connectivity index (χ4n) is 5.76. The molecule has 12 heteroatoms. The standard InChI is InChI=1S/C23H18F4N4O4/c1-21-6-12(9-34-18-15(24)8-29-10-30-18)22(2,35-21)17-16(21)19(32)31(20(17)33)13-4-3-11(7-28)14(5-13)23(25,26)27/h3-5,8,10,12,16-17H,6,9H2,1-2H3. The van der Waals surface area contributed by atoms with Crippen molar-refractivity contribution >= 4 is 17.5 Å². The van der Waals surface area contributed by atoms with E-state index in [0.29, 0.717) is 12.5 Å². The van der Waals surface area contributed by atoms with Crippen LogP contribution in [0.15, 0.2) is 30.7 Å². The van der Waals surface area contributed by atoms with Crippen LogP contribution < -0.4 is 9.64 Å². The Morgan fingerprint density at radius 1 is 1.26 bits per heavy atom. The summed E-state index contributed by atoms with van der Waals surface area (Å²) in [5.41, 5.74) is -4.35. The van der Waals surface area contributed by atoms with Gasteiger partial charge in [0.2, 0.25) is 17.6 Å². The molecule has 3 fully saturated rings. The zero-order valence-electron chi connectivity index (χ0n) is 18.5. The maximum Gasteiger partial charge on any atom is 0.417 e. The highest BCUT2D eigenvalue weighted by Gasteiger charge is 2.75. The fraction of sp³-hybridized carbons (Fsp3) is 0.435. The van der Waals surface area contributed by atoms with Crippen molar-refractivity contribution in [1.82, 2.24) is 9.97 Å². The molecule has 2 bridgehead atoms. The zero-order chi connectivity index (χ0) is 25.3. The van der Waals surface area contributed by atoms with Gasteiger partial charge in [-0.25, -0.2) is 9.88 Å². The number of nitriles is 1. The van der Waals surface area contributed by atoms with E-state index in [-0.39, 0.29) is 18.2 Å². The number of fused-ring (bicyclic) bond motifs is 5. The van der Waals surface area contributed by atoms with Crippen LogP contribution in [-0.4, -0.2) is 39.6 Å². The summed E-state index contributed by atoms with van der Waals surface area (Å²) in [5.74, 6) is -4.68. The molecule has 5 atom stereocenters. The van der Waals surface area contributed by atoms with Crippen LogP contribution in [0.1, 0.15) is 31.4 Å². The number of anilines is 1. The second-order valence-corrected chi connectivity index (χ2v) is 9.29. The summed E-state index contributed by atoms with van der Waals surface area (Å²) in [4.78, 5) is 34.9. The highest BCUT2D eigenvalue weighted by atomic mass is 19.4. The summed E-state index contributed by atoms with van der Waals surface area (Å²) < 4.78 is 66.0. The number of nitrogens with zero attached hydrogens (tertiary/aromatic N) is 4. The van der Waals surface area contributed by atoms with Crippen LogP contribution in [0.3, 0.4) is 0 Å². The number of alkyl halides is 3. The minimum Gasteiger partial charge on any atom is -0.475 e. The third kappa shape index (κ3) is 3.29. The average molecular weight is 490 g/mol. The molecule has 5 unspecified atom stereocenters. The van der Waals surface area contributed by atoms with Crippen LogP contribution in [0.4, 0.5) is 23.2 Å². The molecule has 0 spiro atoms. The highest BCUT2D eigenvalue weighted by Crippen LogP contribution is 2.63. The van der Waals surface area contributed by atoms with Crippen molar-refractivity contribution in [3.05, 3.63) is 47.7 Å². The number of halogens is 4. The summed E-state index contributed by atoms with van der Waals surface area (Å²) >= 11 is 0. The Bertz CT molecular complexity index is 1300. The quantitative estimate of drug-likeness (QED) is 0.479. The number of aromatic nitrogens is 2. The van der Waals surface area contributed by atoms with Crippen molar-refractivity contribution in [2.75, 3.05) is 11.5 Å². The number of hydrogen-bond donors (Lipinski definition) is 0. The highest BCUT2D eigenvalue weighted by molar-refractivity contribution is 6.23. The molecule has 8 nitrogen and oxygen atoms in total. The molecule has 1 aromatic heterocycles. The van der Waals surface area contributed by atoms with E-state index in [1.165, 1.54) is 6.07 Å². The molecule has 4 heterocycles. The van der Waals surface area contributed by atoms with Gasteiger partial charge >= 0.3 is 6.18 Å². The first kappa shape index (κ1) is 23.2. The van der Waals surface area contributed by atoms with E-state index >= 15 is 0 Å². The first-order valence-electron chi connectivity index (χ1n) is 10.7. The smallest absolute Gasteiger partial charge is 0.417 e. The molecule has 1 aromatic carbocycles. The van der Waals surface area contributed by atoms with Crippen LogP contribution in [0.2, 0.25) is 0 Å². The van der Waals surface area contributed by atoms with Gasteiger partial charge in [0.25, 0.3) is 5.88 Å². The van der Waals surface area contributed by atoms with Crippen molar-refractivity contribution in [3.63, 3.8) is 0 Å². The Balaban J connectivity index is 1.47. The minimum atomic E-state index is -4.85. The molecule has 0 aliphatic carbocycles. The third-order valence-corrected chi connectivity index (χ3v) is 7.24. The van der Waals surface area contributed by atoms with Gasteiger partial charge in [-0.05, 0) is 38.5 Å². The normalized spacial score (nSPS) is 31.6. The molecule has 3 aliphatic heterocycles. The van der Waals surface area contributed by atoms with Gasteiger partial charge < -0.3 is 9.47 Å². The van der Waals surface area contributed by atoms with E-state index in [9.17, 15) is 27.2 Å². The number of imide groups is 1. The Morgan fingerprint density at radius 3 is 2.63 bits per heavy atom. The van der Waals surface area contributed by atoms with Crippen molar-refractivity contribution < 1.29 is 36.6 Å². The summed E-state index contributed by atoms with van der Waals surface area (Å²) in [6, 6.07) is 4.21. The summed E-state index contributed by atoms with van der Waals surface area (Å²) in [5, 5.41) is 9.04. The first-order chi connectivity index (χ1) is 16.4. The third-order valence-electron chi connectivity index (χ3n) is 7.24. The van der Waals surface area contributed by atoms with Gasteiger partial charge in [-0.2, -0.15) is 27.8 Å². The molecule has 2 amide bonds. The predicted octanol–water partition coefficient (Wildman–Crippen LogP) is 3.26.